The molecule has 0 aliphatic heterocycles. The molecule has 3 rings (SSSR count). The summed E-state index contributed by atoms with van der Waals surface area (Å²) >= 11 is 12.2. The van der Waals surface area contributed by atoms with Gasteiger partial charge in [0.15, 0.2) is 11.2 Å². The molecule has 1 heterocycles. The molecule has 0 saturated heterocycles. The Bertz CT molecular complexity index is 861. The highest BCUT2D eigenvalue weighted by Crippen LogP contribution is 2.37. The van der Waals surface area contributed by atoms with Gasteiger partial charge in [-0.15, -0.1) is 0 Å². The van der Waals surface area contributed by atoms with Gasteiger partial charge in [0.05, 0.1) is 22.5 Å². The maximum Gasteiger partial charge on any atom is 0.193 e. The third-order valence-electron chi connectivity index (χ3n) is 3.12. The molecule has 5 heteroatoms. The van der Waals surface area contributed by atoms with E-state index in [0.717, 1.165) is 0 Å². The predicted molar refractivity (Wildman–Crippen MR) is 84.5 cm³/mol. The zero-order chi connectivity index (χ0) is 15.0. The number of hydrogen-bond acceptors (Lipinski definition) is 3. The Labute approximate surface area is 130 Å². The van der Waals surface area contributed by atoms with Gasteiger partial charge in [0.2, 0.25) is 0 Å². The molecule has 0 aliphatic rings. The summed E-state index contributed by atoms with van der Waals surface area (Å²) in [7, 11) is 1.49. The molecule has 1 aromatic heterocycles. The van der Waals surface area contributed by atoms with Crippen LogP contribution in [0.1, 0.15) is 0 Å². The van der Waals surface area contributed by atoms with Crippen LogP contribution in [0.4, 0.5) is 0 Å². The van der Waals surface area contributed by atoms with Crippen LogP contribution in [-0.4, -0.2) is 7.11 Å². The van der Waals surface area contributed by atoms with Crippen molar-refractivity contribution in [3.8, 4) is 17.1 Å². The van der Waals surface area contributed by atoms with E-state index in [0.29, 0.717) is 38.1 Å². The van der Waals surface area contributed by atoms with Gasteiger partial charge >= 0.3 is 0 Å². The van der Waals surface area contributed by atoms with Crippen molar-refractivity contribution in [3.63, 3.8) is 0 Å². The van der Waals surface area contributed by atoms with Crippen LogP contribution in [-0.2, 0) is 0 Å². The van der Waals surface area contributed by atoms with Gasteiger partial charge in [0.25, 0.3) is 0 Å². The van der Waals surface area contributed by atoms with Crippen molar-refractivity contribution in [3.05, 3.63) is 62.7 Å². The normalized spacial score (nSPS) is 10.8. The van der Waals surface area contributed by atoms with Gasteiger partial charge in [0.1, 0.15) is 11.3 Å². The Balaban J connectivity index is 2.23. The lowest BCUT2D eigenvalue weighted by atomic mass is 10.1. The van der Waals surface area contributed by atoms with Gasteiger partial charge < -0.3 is 9.15 Å². The highest BCUT2D eigenvalue weighted by molar-refractivity contribution is 6.37. The molecule has 0 radical (unpaired) electrons. The van der Waals surface area contributed by atoms with E-state index in [-0.39, 0.29) is 5.43 Å². The summed E-state index contributed by atoms with van der Waals surface area (Å²) in [5.41, 5.74) is 1.02. The summed E-state index contributed by atoms with van der Waals surface area (Å²) in [4.78, 5) is 12.1. The predicted octanol–water partition coefficient (Wildman–Crippen LogP) is 4.78. The lowest BCUT2D eigenvalue weighted by Gasteiger charge is -2.08. The van der Waals surface area contributed by atoms with Crippen molar-refractivity contribution in [2.45, 2.75) is 0 Å². The Morgan fingerprint density at radius 1 is 1.05 bits per heavy atom. The lowest BCUT2D eigenvalue weighted by Crippen LogP contribution is -2.00. The highest BCUT2D eigenvalue weighted by atomic mass is 35.5. The molecule has 0 fully saturated rings. The van der Waals surface area contributed by atoms with Crippen LogP contribution >= 0.6 is 23.2 Å². The second-order valence-corrected chi connectivity index (χ2v) is 5.26. The van der Waals surface area contributed by atoms with Crippen LogP contribution in [0.5, 0.6) is 5.75 Å². The van der Waals surface area contributed by atoms with E-state index in [1.165, 1.54) is 13.2 Å². The first kappa shape index (κ1) is 14.0. The van der Waals surface area contributed by atoms with Crippen molar-refractivity contribution in [1.29, 1.82) is 0 Å². The fraction of sp³-hybridized carbons (Fsp3) is 0.0625. The molecule has 0 spiro atoms. The van der Waals surface area contributed by atoms with Crippen molar-refractivity contribution >= 4 is 34.2 Å². The molecule has 0 amide bonds. The van der Waals surface area contributed by atoms with Crippen LogP contribution in [0.3, 0.4) is 0 Å². The molecule has 0 saturated carbocycles. The van der Waals surface area contributed by atoms with Gasteiger partial charge in [-0.05, 0) is 24.3 Å². The van der Waals surface area contributed by atoms with Gasteiger partial charge in [-0.25, -0.2) is 0 Å². The molecule has 0 aliphatic carbocycles. The van der Waals surface area contributed by atoms with Crippen LogP contribution in [0.15, 0.2) is 51.7 Å². The molecule has 3 nitrogen and oxygen atoms in total. The number of ether oxygens (including phenoxy) is 1. The third-order valence-corrected chi connectivity index (χ3v) is 3.68. The maximum absolute atomic E-state index is 12.1. The van der Waals surface area contributed by atoms with E-state index in [1.807, 2.05) is 6.07 Å². The minimum atomic E-state index is -0.116. The van der Waals surface area contributed by atoms with Crippen LogP contribution in [0.25, 0.3) is 22.3 Å². The fourth-order valence-corrected chi connectivity index (χ4v) is 2.78. The molecular formula is C16H10Cl2O3. The van der Waals surface area contributed by atoms with Gasteiger partial charge in [-0.1, -0.05) is 35.3 Å². The summed E-state index contributed by atoms with van der Waals surface area (Å²) in [6.07, 6.45) is 0. The Hall–Kier alpha value is -1.97. The van der Waals surface area contributed by atoms with Crippen molar-refractivity contribution in [2.75, 3.05) is 7.11 Å². The van der Waals surface area contributed by atoms with Crippen molar-refractivity contribution in [2.24, 2.45) is 0 Å². The first-order valence-electron chi connectivity index (χ1n) is 6.16. The summed E-state index contributed by atoms with van der Waals surface area (Å²) in [6, 6.07) is 11.8. The average molecular weight is 321 g/mol. The largest absolute Gasteiger partial charge is 0.494 e. The van der Waals surface area contributed by atoms with E-state index in [9.17, 15) is 4.79 Å². The number of rotatable bonds is 2. The van der Waals surface area contributed by atoms with Crippen molar-refractivity contribution < 1.29 is 9.15 Å². The summed E-state index contributed by atoms with van der Waals surface area (Å²) in [5, 5.41) is 1.25. The molecule has 106 valence electrons. The number of methoxy groups -OCH3 is 1. The third kappa shape index (κ3) is 2.50. The summed E-state index contributed by atoms with van der Waals surface area (Å²) in [5.74, 6) is 0.801. The van der Waals surface area contributed by atoms with E-state index in [2.05, 4.69) is 0 Å². The number of fused-ring (bicyclic) bond motifs is 1. The number of para-hydroxylation sites is 1. The zero-order valence-corrected chi connectivity index (χ0v) is 12.5. The molecule has 0 N–H and O–H groups in total. The Kier molecular flexibility index (Phi) is 3.62. The second-order valence-electron chi connectivity index (χ2n) is 4.44. The van der Waals surface area contributed by atoms with Gasteiger partial charge in [-0.2, -0.15) is 0 Å². The quantitative estimate of drug-likeness (QED) is 0.682. The molecule has 3 aromatic rings. The molecule has 21 heavy (non-hydrogen) atoms. The highest BCUT2D eigenvalue weighted by Gasteiger charge is 2.12. The summed E-state index contributed by atoms with van der Waals surface area (Å²) < 4.78 is 10.9. The number of hydrogen-bond donors (Lipinski definition) is 0. The minimum Gasteiger partial charge on any atom is -0.494 e. The van der Waals surface area contributed by atoms with E-state index in [1.54, 1.807) is 30.3 Å². The van der Waals surface area contributed by atoms with Gasteiger partial charge in [0, 0.05) is 11.6 Å². The molecule has 0 unspecified atom stereocenters. The maximum atomic E-state index is 12.1. The zero-order valence-electron chi connectivity index (χ0n) is 11.0. The minimum absolute atomic E-state index is 0.116. The van der Waals surface area contributed by atoms with Crippen LogP contribution < -0.4 is 10.2 Å². The number of benzene rings is 2. The molecule has 0 bridgehead atoms. The summed E-state index contributed by atoms with van der Waals surface area (Å²) in [6.45, 7) is 0. The smallest absolute Gasteiger partial charge is 0.193 e. The standard InChI is InChI=1S/C16H10Cl2O3/c1-20-16-11(17)6-9(7-12(16)18)15-8-13(19)10-4-2-3-5-14(10)21-15/h2-8H,1H3. The topological polar surface area (TPSA) is 39.4 Å². The lowest BCUT2D eigenvalue weighted by molar-refractivity contribution is 0.415. The van der Waals surface area contributed by atoms with Gasteiger partial charge in [-0.3, -0.25) is 4.79 Å². The van der Waals surface area contributed by atoms with E-state index < -0.39 is 0 Å². The monoisotopic (exact) mass is 320 g/mol. The SMILES string of the molecule is COc1c(Cl)cc(-c2cc(=O)c3ccccc3o2)cc1Cl. The van der Waals surface area contributed by atoms with Crippen LogP contribution in [0.2, 0.25) is 10.0 Å². The van der Waals surface area contributed by atoms with Crippen LogP contribution in [0, 0.1) is 0 Å². The van der Waals surface area contributed by atoms with E-state index >= 15 is 0 Å². The Morgan fingerprint density at radius 3 is 2.38 bits per heavy atom. The van der Waals surface area contributed by atoms with E-state index in [4.69, 9.17) is 32.4 Å². The average Bonchev–Trinajstić information content (AvgIpc) is 2.47. The number of halogens is 2. The fourth-order valence-electron chi connectivity index (χ4n) is 2.14. The molecular weight excluding hydrogens is 311 g/mol. The molecule has 0 atom stereocenters. The Morgan fingerprint density at radius 2 is 1.71 bits per heavy atom. The first-order valence-corrected chi connectivity index (χ1v) is 6.92. The first-order chi connectivity index (χ1) is 10.1. The van der Waals surface area contributed by atoms with Crippen molar-refractivity contribution in [1.82, 2.24) is 0 Å². The second kappa shape index (κ2) is 5.43. The molecule has 2 aromatic carbocycles.